The Kier molecular flexibility index (Phi) is 4.77. The summed E-state index contributed by atoms with van der Waals surface area (Å²) in [6, 6.07) is 0.335. The standard InChI is InChI=1S/C12H24N2O3/c1-9-7-14(10(6-13-9)8-16-5)11(15)17-12(2,3)4/h9-10,13H,6-8H2,1-5H3/t9-,10-/m0/s1. The van der Waals surface area contributed by atoms with Crippen LogP contribution in [-0.4, -0.2) is 55.5 Å². The van der Waals surface area contributed by atoms with E-state index in [1.807, 2.05) is 20.8 Å². The number of carbonyl (C=O) groups excluding carboxylic acids is 1. The minimum Gasteiger partial charge on any atom is -0.444 e. The maximum atomic E-state index is 12.1. The summed E-state index contributed by atoms with van der Waals surface area (Å²) in [6.45, 7) is 9.61. The molecule has 1 fully saturated rings. The van der Waals surface area contributed by atoms with Crippen LogP contribution in [0, 0.1) is 0 Å². The van der Waals surface area contributed by atoms with Crippen LogP contribution in [0.25, 0.3) is 0 Å². The lowest BCUT2D eigenvalue weighted by atomic mass is 10.1. The van der Waals surface area contributed by atoms with E-state index >= 15 is 0 Å². The zero-order chi connectivity index (χ0) is 13.1. The molecule has 0 saturated carbocycles. The van der Waals surface area contributed by atoms with E-state index < -0.39 is 5.60 Å². The first-order chi connectivity index (χ1) is 7.83. The van der Waals surface area contributed by atoms with Gasteiger partial charge in [-0.05, 0) is 27.7 Å². The first kappa shape index (κ1) is 14.3. The normalized spacial score (nSPS) is 25.8. The molecule has 0 aliphatic carbocycles. The molecule has 1 amide bonds. The minimum atomic E-state index is -0.456. The van der Waals surface area contributed by atoms with Crippen molar-refractivity contribution in [1.82, 2.24) is 10.2 Å². The highest BCUT2D eigenvalue weighted by atomic mass is 16.6. The van der Waals surface area contributed by atoms with Gasteiger partial charge in [0.2, 0.25) is 0 Å². The van der Waals surface area contributed by atoms with Gasteiger partial charge in [0, 0.05) is 26.2 Å². The van der Waals surface area contributed by atoms with E-state index in [-0.39, 0.29) is 18.2 Å². The molecule has 5 nitrogen and oxygen atoms in total. The second-order valence-corrected chi connectivity index (χ2v) is 5.55. The Labute approximate surface area is 103 Å². The third-order valence-electron chi connectivity index (χ3n) is 2.60. The van der Waals surface area contributed by atoms with Crippen LogP contribution in [0.5, 0.6) is 0 Å². The molecule has 0 bridgehead atoms. The molecule has 1 N–H and O–H groups in total. The van der Waals surface area contributed by atoms with Gasteiger partial charge in [0.15, 0.2) is 0 Å². The molecule has 0 spiro atoms. The fraction of sp³-hybridized carbons (Fsp3) is 0.917. The average Bonchev–Trinajstić information content (AvgIpc) is 2.18. The third kappa shape index (κ3) is 4.52. The summed E-state index contributed by atoms with van der Waals surface area (Å²) in [7, 11) is 1.64. The molecule has 1 aliphatic rings. The molecular weight excluding hydrogens is 220 g/mol. The van der Waals surface area contributed by atoms with E-state index in [2.05, 4.69) is 12.2 Å². The summed E-state index contributed by atoms with van der Waals surface area (Å²) in [4.78, 5) is 13.8. The predicted octanol–water partition coefficient (Wildman–Crippen LogP) is 1.23. The van der Waals surface area contributed by atoms with Crippen molar-refractivity contribution in [3.8, 4) is 0 Å². The molecule has 0 aromatic carbocycles. The Balaban J connectivity index is 2.65. The first-order valence-electron chi connectivity index (χ1n) is 6.05. The van der Waals surface area contributed by atoms with Gasteiger partial charge in [-0.25, -0.2) is 4.79 Å². The highest BCUT2D eigenvalue weighted by Gasteiger charge is 2.32. The lowest BCUT2D eigenvalue weighted by molar-refractivity contribution is -0.00372. The summed E-state index contributed by atoms with van der Waals surface area (Å²) >= 11 is 0. The number of ether oxygens (including phenoxy) is 2. The van der Waals surface area contributed by atoms with Crippen molar-refractivity contribution in [3.63, 3.8) is 0 Å². The summed E-state index contributed by atoms with van der Waals surface area (Å²) < 4.78 is 10.5. The van der Waals surface area contributed by atoms with E-state index in [0.717, 1.165) is 6.54 Å². The molecule has 1 saturated heterocycles. The van der Waals surface area contributed by atoms with Gasteiger partial charge in [-0.1, -0.05) is 0 Å². The van der Waals surface area contributed by atoms with Crippen LogP contribution < -0.4 is 5.32 Å². The Morgan fingerprint density at radius 3 is 2.65 bits per heavy atom. The number of hydrogen-bond acceptors (Lipinski definition) is 4. The zero-order valence-electron chi connectivity index (χ0n) is 11.4. The maximum absolute atomic E-state index is 12.1. The highest BCUT2D eigenvalue weighted by Crippen LogP contribution is 2.14. The monoisotopic (exact) mass is 244 g/mol. The summed E-state index contributed by atoms with van der Waals surface area (Å²) in [6.07, 6.45) is -0.257. The van der Waals surface area contributed by atoms with Crippen LogP contribution in [0.4, 0.5) is 4.79 Å². The number of piperazine rings is 1. The summed E-state index contributed by atoms with van der Waals surface area (Å²) in [5, 5.41) is 3.34. The Hall–Kier alpha value is -0.810. The molecule has 5 heteroatoms. The quantitative estimate of drug-likeness (QED) is 0.794. The molecule has 0 radical (unpaired) electrons. The summed E-state index contributed by atoms with van der Waals surface area (Å²) in [5.74, 6) is 0. The van der Waals surface area contributed by atoms with Gasteiger partial charge in [0.1, 0.15) is 5.60 Å². The Bertz CT molecular complexity index is 263. The van der Waals surface area contributed by atoms with Crippen LogP contribution in [0.1, 0.15) is 27.7 Å². The molecule has 0 unspecified atom stereocenters. The third-order valence-corrected chi connectivity index (χ3v) is 2.60. The molecule has 0 aromatic rings. The molecule has 0 aromatic heterocycles. The van der Waals surface area contributed by atoms with Crippen molar-refractivity contribution >= 4 is 6.09 Å². The van der Waals surface area contributed by atoms with Crippen LogP contribution in [-0.2, 0) is 9.47 Å². The number of hydrogen-bond donors (Lipinski definition) is 1. The summed E-state index contributed by atoms with van der Waals surface area (Å²) in [5.41, 5.74) is -0.456. The zero-order valence-corrected chi connectivity index (χ0v) is 11.4. The number of nitrogens with one attached hydrogen (secondary N) is 1. The molecular formula is C12H24N2O3. The molecule has 100 valence electrons. The van der Waals surface area contributed by atoms with E-state index in [9.17, 15) is 4.79 Å². The number of nitrogens with zero attached hydrogens (tertiary/aromatic N) is 1. The number of carbonyl (C=O) groups is 1. The van der Waals surface area contributed by atoms with Gasteiger partial charge >= 0.3 is 6.09 Å². The Morgan fingerprint density at radius 1 is 1.47 bits per heavy atom. The molecule has 1 rings (SSSR count). The molecule has 1 heterocycles. The van der Waals surface area contributed by atoms with Gasteiger partial charge in [0.05, 0.1) is 12.6 Å². The lowest BCUT2D eigenvalue weighted by Crippen LogP contribution is -2.59. The van der Waals surface area contributed by atoms with Crippen molar-refractivity contribution in [2.75, 3.05) is 26.8 Å². The van der Waals surface area contributed by atoms with Crippen LogP contribution in [0.3, 0.4) is 0 Å². The van der Waals surface area contributed by atoms with E-state index in [4.69, 9.17) is 9.47 Å². The average molecular weight is 244 g/mol. The van der Waals surface area contributed by atoms with E-state index in [1.54, 1.807) is 12.0 Å². The number of amides is 1. The van der Waals surface area contributed by atoms with Crippen molar-refractivity contribution < 1.29 is 14.3 Å². The van der Waals surface area contributed by atoms with E-state index in [1.165, 1.54) is 0 Å². The Morgan fingerprint density at radius 2 is 2.12 bits per heavy atom. The molecule has 1 aliphatic heterocycles. The van der Waals surface area contributed by atoms with Gasteiger partial charge in [-0.15, -0.1) is 0 Å². The predicted molar refractivity (Wildman–Crippen MR) is 66.1 cm³/mol. The second-order valence-electron chi connectivity index (χ2n) is 5.55. The van der Waals surface area contributed by atoms with Gasteiger partial charge in [-0.2, -0.15) is 0 Å². The van der Waals surface area contributed by atoms with Crippen LogP contribution in [0.15, 0.2) is 0 Å². The topological polar surface area (TPSA) is 50.8 Å². The largest absolute Gasteiger partial charge is 0.444 e. The highest BCUT2D eigenvalue weighted by molar-refractivity contribution is 5.68. The van der Waals surface area contributed by atoms with E-state index in [0.29, 0.717) is 13.2 Å². The number of rotatable bonds is 2. The fourth-order valence-electron chi connectivity index (χ4n) is 1.84. The smallest absolute Gasteiger partial charge is 0.410 e. The lowest BCUT2D eigenvalue weighted by Gasteiger charge is -2.39. The van der Waals surface area contributed by atoms with Gasteiger partial charge in [0.25, 0.3) is 0 Å². The van der Waals surface area contributed by atoms with Crippen molar-refractivity contribution in [2.45, 2.75) is 45.4 Å². The molecule has 17 heavy (non-hydrogen) atoms. The van der Waals surface area contributed by atoms with Crippen LogP contribution in [0.2, 0.25) is 0 Å². The van der Waals surface area contributed by atoms with Crippen molar-refractivity contribution in [1.29, 1.82) is 0 Å². The van der Waals surface area contributed by atoms with Gasteiger partial charge < -0.3 is 19.7 Å². The maximum Gasteiger partial charge on any atom is 0.410 e. The minimum absolute atomic E-state index is 0.0473. The number of methoxy groups -OCH3 is 1. The van der Waals surface area contributed by atoms with Crippen molar-refractivity contribution in [2.24, 2.45) is 0 Å². The SMILES string of the molecule is COC[C@@H]1CN[C@@H](C)CN1C(=O)OC(C)(C)C. The van der Waals surface area contributed by atoms with Gasteiger partial charge in [-0.3, -0.25) is 0 Å². The fourth-order valence-corrected chi connectivity index (χ4v) is 1.84. The van der Waals surface area contributed by atoms with Crippen molar-refractivity contribution in [3.05, 3.63) is 0 Å². The first-order valence-corrected chi connectivity index (χ1v) is 6.05. The van der Waals surface area contributed by atoms with Crippen LogP contribution >= 0.6 is 0 Å². The second kappa shape index (κ2) is 5.69. The molecule has 2 atom stereocenters.